The van der Waals surface area contributed by atoms with Crippen molar-refractivity contribution in [1.82, 2.24) is 14.3 Å². The maximum absolute atomic E-state index is 12.1. The van der Waals surface area contributed by atoms with Crippen LogP contribution in [0.4, 0.5) is 5.82 Å². The molecule has 6 nitrogen and oxygen atoms in total. The van der Waals surface area contributed by atoms with Crippen LogP contribution in [0.1, 0.15) is 17.5 Å². The lowest BCUT2D eigenvalue weighted by molar-refractivity contribution is 0.575. The summed E-state index contributed by atoms with van der Waals surface area (Å²) in [7, 11) is 3.01. The predicted octanol–water partition coefficient (Wildman–Crippen LogP) is 0.448. The number of rotatable bonds is 2. The van der Waals surface area contributed by atoms with Gasteiger partial charge in [0.1, 0.15) is 0 Å². The fraction of sp³-hybridized carbons (Fsp3) is 0.400. The molecular formula is C15H18N4O2. The Labute approximate surface area is 122 Å². The van der Waals surface area contributed by atoms with Crippen LogP contribution in [0.25, 0.3) is 0 Å². The molecule has 0 amide bonds. The first-order valence-corrected chi connectivity index (χ1v) is 7.04. The third-order valence-corrected chi connectivity index (χ3v) is 4.01. The molecule has 6 heteroatoms. The first-order valence-electron chi connectivity index (χ1n) is 7.04. The predicted molar refractivity (Wildman–Crippen MR) is 80.6 cm³/mol. The minimum absolute atomic E-state index is 0.164. The van der Waals surface area contributed by atoms with Gasteiger partial charge in [0.25, 0.3) is 5.56 Å². The number of hydrogen-bond acceptors (Lipinski definition) is 4. The number of anilines is 1. The Kier molecular flexibility index (Phi) is 3.37. The van der Waals surface area contributed by atoms with Crippen LogP contribution in [0, 0.1) is 0 Å². The van der Waals surface area contributed by atoms with Crippen molar-refractivity contribution in [2.75, 3.05) is 5.32 Å². The molecule has 1 aliphatic carbocycles. The Morgan fingerprint density at radius 2 is 1.90 bits per heavy atom. The van der Waals surface area contributed by atoms with E-state index >= 15 is 0 Å². The van der Waals surface area contributed by atoms with Crippen LogP contribution in [0.5, 0.6) is 0 Å². The summed E-state index contributed by atoms with van der Waals surface area (Å²) in [5.74, 6) is 0.240. The largest absolute Gasteiger partial charge is 0.361 e. The van der Waals surface area contributed by atoms with E-state index in [0.717, 1.165) is 23.8 Å². The van der Waals surface area contributed by atoms with Crippen LogP contribution < -0.4 is 16.6 Å². The molecule has 0 radical (unpaired) electrons. The van der Waals surface area contributed by atoms with Gasteiger partial charge in [0.15, 0.2) is 0 Å². The summed E-state index contributed by atoms with van der Waals surface area (Å²) in [6, 6.07) is 8.52. The number of benzene rings is 1. The van der Waals surface area contributed by atoms with Gasteiger partial charge in [0.2, 0.25) is 5.82 Å². The quantitative estimate of drug-likeness (QED) is 0.870. The number of hydrogen-bond donors (Lipinski definition) is 1. The summed E-state index contributed by atoms with van der Waals surface area (Å²) in [6.07, 6.45) is 2.80. The molecule has 1 aliphatic rings. The van der Waals surface area contributed by atoms with Crippen LogP contribution in [0.3, 0.4) is 0 Å². The van der Waals surface area contributed by atoms with Crippen LogP contribution in [0.2, 0.25) is 0 Å². The Morgan fingerprint density at radius 1 is 1.19 bits per heavy atom. The molecule has 1 heterocycles. The molecule has 110 valence electrons. The average molecular weight is 286 g/mol. The molecule has 21 heavy (non-hydrogen) atoms. The summed E-state index contributed by atoms with van der Waals surface area (Å²) in [6.45, 7) is 0. The minimum atomic E-state index is -0.417. The second-order valence-electron chi connectivity index (χ2n) is 5.47. The zero-order valence-electron chi connectivity index (χ0n) is 12.2. The number of nitrogens with zero attached hydrogens (tertiary/aromatic N) is 3. The monoisotopic (exact) mass is 286 g/mol. The van der Waals surface area contributed by atoms with Crippen molar-refractivity contribution in [2.45, 2.75) is 25.3 Å². The molecule has 0 fully saturated rings. The lowest BCUT2D eigenvalue weighted by Crippen LogP contribution is -2.41. The van der Waals surface area contributed by atoms with Crippen LogP contribution >= 0.6 is 0 Å². The summed E-state index contributed by atoms with van der Waals surface area (Å²) in [4.78, 5) is 23.7. The van der Waals surface area contributed by atoms with Crippen molar-refractivity contribution in [3.05, 3.63) is 56.2 Å². The van der Waals surface area contributed by atoms with Gasteiger partial charge in [-0.25, -0.2) is 9.48 Å². The standard InChI is InChI=1S/C15H18N4O2/c1-18-14(20)13(17-19(2)15(18)21)16-12-8-7-10-5-3-4-6-11(10)9-12/h3-6,12H,7-9H2,1-2H3,(H,16,17). The average Bonchev–Trinajstić information content (AvgIpc) is 2.50. The summed E-state index contributed by atoms with van der Waals surface area (Å²) in [5.41, 5.74) is 1.89. The summed E-state index contributed by atoms with van der Waals surface area (Å²) in [5, 5.41) is 7.24. The number of fused-ring (bicyclic) bond motifs is 1. The molecule has 1 aromatic heterocycles. The summed E-state index contributed by atoms with van der Waals surface area (Å²) < 4.78 is 2.26. The SMILES string of the molecule is Cn1nc(NC2CCc3ccccc3C2)c(=O)n(C)c1=O. The van der Waals surface area contributed by atoms with Gasteiger partial charge in [0, 0.05) is 20.1 Å². The van der Waals surface area contributed by atoms with E-state index in [1.54, 1.807) is 7.05 Å². The van der Waals surface area contributed by atoms with Gasteiger partial charge in [-0.3, -0.25) is 9.36 Å². The second kappa shape index (κ2) is 5.20. The topological polar surface area (TPSA) is 68.9 Å². The van der Waals surface area contributed by atoms with Crippen LogP contribution in [0.15, 0.2) is 33.9 Å². The van der Waals surface area contributed by atoms with Crippen LogP contribution in [-0.4, -0.2) is 20.4 Å². The van der Waals surface area contributed by atoms with Crippen molar-refractivity contribution < 1.29 is 0 Å². The molecule has 0 spiro atoms. The van der Waals surface area contributed by atoms with Gasteiger partial charge in [-0.15, -0.1) is 5.10 Å². The molecule has 1 aromatic carbocycles. The molecule has 0 saturated carbocycles. The van der Waals surface area contributed by atoms with Gasteiger partial charge < -0.3 is 5.32 Å². The summed E-state index contributed by atoms with van der Waals surface area (Å²) >= 11 is 0. The Balaban J connectivity index is 1.86. The Hall–Kier alpha value is -2.37. The zero-order chi connectivity index (χ0) is 15.0. The third-order valence-electron chi connectivity index (χ3n) is 4.01. The first kappa shape index (κ1) is 13.6. The van der Waals surface area contributed by atoms with Crippen LogP contribution in [-0.2, 0) is 26.9 Å². The minimum Gasteiger partial charge on any atom is -0.361 e. The number of aromatic nitrogens is 3. The Morgan fingerprint density at radius 3 is 2.67 bits per heavy atom. The first-order chi connectivity index (χ1) is 10.1. The normalized spacial score (nSPS) is 17.3. The zero-order valence-corrected chi connectivity index (χ0v) is 12.2. The van der Waals surface area contributed by atoms with E-state index in [1.807, 2.05) is 6.07 Å². The fourth-order valence-electron chi connectivity index (χ4n) is 2.80. The van der Waals surface area contributed by atoms with Crippen molar-refractivity contribution in [3.63, 3.8) is 0 Å². The van der Waals surface area contributed by atoms with E-state index in [2.05, 4.69) is 28.6 Å². The molecule has 0 saturated heterocycles. The number of nitrogens with one attached hydrogen (secondary N) is 1. The maximum atomic E-state index is 12.1. The van der Waals surface area contributed by atoms with Crippen molar-refractivity contribution in [1.29, 1.82) is 0 Å². The van der Waals surface area contributed by atoms with E-state index in [1.165, 1.54) is 22.9 Å². The highest BCUT2D eigenvalue weighted by molar-refractivity contribution is 5.36. The molecule has 3 rings (SSSR count). The van der Waals surface area contributed by atoms with E-state index in [-0.39, 0.29) is 17.4 Å². The lowest BCUT2D eigenvalue weighted by atomic mass is 9.88. The van der Waals surface area contributed by atoms with Gasteiger partial charge in [0.05, 0.1) is 0 Å². The fourth-order valence-corrected chi connectivity index (χ4v) is 2.80. The smallest absolute Gasteiger partial charge is 0.346 e. The van der Waals surface area contributed by atoms with E-state index in [0.29, 0.717) is 0 Å². The van der Waals surface area contributed by atoms with Crippen molar-refractivity contribution in [2.24, 2.45) is 14.1 Å². The third kappa shape index (κ3) is 2.49. The van der Waals surface area contributed by atoms with E-state index in [9.17, 15) is 9.59 Å². The van der Waals surface area contributed by atoms with Gasteiger partial charge in [-0.1, -0.05) is 24.3 Å². The van der Waals surface area contributed by atoms with Gasteiger partial charge >= 0.3 is 5.69 Å². The highest BCUT2D eigenvalue weighted by atomic mass is 16.2. The maximum Gasteiger partial charge on any atom is 0.346 e. The molecule has 1 atom stereocenters. The lowest BCUT2D eigenvalue weighted by Gasteiger charge is -2.25. The molecule has 1 unspecified atom stereocenters. The highest BCUT2D eigenvalue weighted by Crippen LogP contribution is 2.22. The molecular weight excluding hydrogens is 268 g/mol. The van der Waals surface area contributed by atoms with Gasteiger partial charge in [-0.2, -0.15) is 0 Å². The Bertz CT molecular complexity index is 791. The highest BCUT2D eigenvalue weighted by Gasteiger charge is 2.20. The molecule has 0 bridgehead atoms. The van der Waals surface area contributed by atoms with Gasteiger partial charge in [-0.05, 0) is 30.4 Å². The molecule has 0 aliphatic heterocycles. The molecule has 1 N–H and O–H groups in total. The second-order valence-corrected chi connectivity index (χ2v) is 5.47. The van der Waals surface area contributed by atoms with E-state index in [4.69, 9.17) is 0 Å². The van der Waals surface area contributed by atoms with E-state index < -0.39 is 5.69 Å². The molecule has 2 aromatic rings. The number of aryl methyl sites for hydroxylation is 2. The van der Waals surface area contributed by atoms with Crippen molar-refractivity contribution in [3.8, 4) is 0 Å². The van der Waals surface area contributed by atoms with Crippen molar-refractivity contribution >= 4 is 5.82 Å².